The second-order valence-corrected chi connectivity index (χ2v) is 7.71. The Morgan fingerprint density at radius 2 is 1.88 bits per heavy atom. The molecule has 4 heteroatoms. The predicted octanol–water partition coefficient (Wildman–Crippen LogP) is 3.24. The molecule has 0 saturated heterocycles. The molecule has 1 aliphatic rings. The van der Waals surface area contributed by atoms with Gasteiger partial charge in [-0.1, -0.05) is 55.7 Å². The van der Waals surface area contributed by atoms with Gasteiger partial charge in [-0.3, -0.25) is 4.79 Å². The Morgan fingerprint density at radius 3 is 2.54 bits per heavy atom. The topological polar surface area (TPSA) is 45.7 Å². The lowest BCUT2D eigenvalue weighted by atomic mass is 9.95. The van der Waals surface area contributed by atoms with Crippen molar-refractivity contribution in [3.8, 4) is 0 Å². The van der Waals surface area contributed by atoms with E-state index in [1.165, 1.54) is 29.7 Å². The van der Waals surface area contributed by atoms with E-state index in [1.807, 2.05) is 13.0 Å². The molecule has 3 nitrogen and oxygen atoms in total. The highest BCUT2D eigenvalue weighted by atomic mass is 32.1. The molecule has 128 valence electrons. The number of hydrogen-bond donors (Lipinski definition) is 2. The van der Waals surface area contributed by atoms with Crippen molar-refractivity contribution in [2.24, 2.45) is 0 Å². The van der Waals surface area contributed by atoms with Gasteiger partial charge in [-0.2, -0.15) is 0 Å². The lowest BCUT2D eigenvalue weighted by Crippen LogP contribution is -2.92. The monoisotopic (exact) mass is 343 g/mol. The smallest absolute Gasteiger partial charge is 0.278 e. The van der Waals surface area contributed by atoms with Crippen LogP contribution < -0.4 is 10.6 Å². The van der Waals surface area contributed by atoms with Gasteiger partial charge < -0.3 is 10.6 Å². The van der Waals surface area contributed by atoms with Crippen LogP contribution in [0, 0.1) is 0 Å². The fourth-order valence-corrected chi connectivity index (χ4v) is 4.29. The van der Waals surface area contributed by atoms with Crippen molar-refractivity contribution < 1.29 is 10.1 Å². The van der Waals surface area contributed by atoms with E-state index < -0.39 is 0 Å². The largest absolute Gasteiger partial charge is 0.348 e. The molecule has 1 aliphatic carbocycles. The van der Waals surface area contributed by atoms with Crippen molar-refractivity contribution >= 4 is 17.2 Å². The number of benzene rings is 1. The van der Waals surface area contributed by atoms with Gasteiger partial charge in [-0.15, -0.1) is 11.3 Å². The average Bonchev–Trinajstić information content (AvgIpc) is 3.15. The first kappa shape index (κ1) is 17.2. The van der Waals surface area contributed by atoms with Crippen LogP contribution in [0.2, 0.25) is 0 Å². The van der Waals surface area contributed by atoms with E-state index in [1.54, 1.807) is 11.3 Å². The molecule has 3 N–H and O–H groups in total. The van der Waals surface area contributed by atoms with Crippen molar-refractivity contribution in [2.75, 3.05) is 0 Å². The summed E-state index contributed by atoms with van der Waals surface area (Å²) in [5.41, 5.74) is 1.25. The molecule has 24 heavy (non-hydrogen) atoms. The Kier molecular flexibility index (Phi) is 6.05. The third-order valence-corrected chi connectivity index (χ3v) is 5.81. The number of thiophene rings is 1. The maximum Gasteiger partial charge on any atom is 0.278 e. The lowest BCUT2D eigenvalue weighted by molar-refractivity contribution is -0.704. The number of nitrogens with two attached hydrogens (primary N) is 1. The number of quaternary nitrogens is 1. The molecule has 0 bridgehead atoms. The summed E-state index contributed by atoms with van der Waals surface area (Å²) in [5.74, 6) is 0.166. The van der Waals surface area contributed by atoms with Crippen LogP contribution in [-0.4, -0.2) is 18.0 Å². The van der Waals surface area contributed by atoms with Gasteiger partial charge in [0.15, 0.2) is 6.04 Å². The fraction of sp³-hybridized carbons (Fsp3) is 0.450. The minimum atomic E-state index is -0.0979. The molecule has 1 aromatic carbocycles. The van der Waals surface area contributed by atoms with Crippen molar-refractivity contribution in [3.63, 3.8) is 0 Å². The maximum atomic E-state index is 12.6. The predicted molar refractivity (Wildman–Crippen MR) is 99.0 cm³/mol. The van der Waals surface area contributed by atoms with E-state index in [4.69, 9.17) is 0 Å². The Labute approximate surface area is 148 Å². The Hall–Kier alpha value is -1.65. The highest BCUT2D eigenvalue weighted by Gasteiger charge is 2.27. The molecule has 1 fully saturated rings. The standard InChI is InChI=1S/C20H26N2OS/c1-15(20(23)22-17-11-6-3-7-12-17)21-19(18-13-8-14-24-18)16-9-4-2-5-10-16/h2,4-5,8-10,13-15,17,19,21H,3,6-7,11-12H2,1H3,(H,22,23)/p+1/t15-,19-/m1/s1. The first-order chi connectivity index (χ1) is 11.7. The normalized spacial score (nSPS) is 18.0. The Morgan fingerprint density at radius 1 is 1.12 bits per heavy atom. The van der Waals surface area contributed by atoms with Crippen LogP contribution in [0.3, 0.4) is 0 Å². The summed E-state index contributed by atoms with van der Waals surface area (Å²) >= 11 is 1.75. The first-order valence-corrected chi connectivity index (χ1v) is 9.85. The molecule has 1 heterocycles. The van der Waals surface area contributed by atoms with E-state index >= 15 is 0 Å². The van der Waals surface area contributed by atoms with Gasteiger partial charge in [0.05, 0.1) is 4.88 Å². The minimum absolute atomic E-state index is 0.0979. The highest BCUT2D eigenvalue weighted by molar-refractivity contribution is 7.10. The maximum absolute atomic E-state index is 12.6. The average molecular weight is 344 g/mol. The van der Waals surface area contributed by atoms with Crippen LogP contribution in [0.4, 0.5) is 0 Å². The van der Waals surface area contributed by atoms with E-state index in [9.17, 15) is 4.79 Å². The third kappa shape index (κ3) is 4.46. The molecule has 3 rings (SSSR count). The highest BCUT2D eigenvalue weighted by Crippen LogP contribution is 2.23. The summed E-state index contributed by atoms with van der Waals surface area (Å²) in [5, 5.41) is 7.55. The van der Waals surface area contributed by atoms with Gasteiger partial charge in [0.1, 0.15) is 6.04 Å². The molecule has 2 aromatic rings. The number of nitrogens with one attached hydrogen (secondary N) is 1. The molecule has 0 radical (unpaired) electrons. The zero-order valence-corrected chi connectivity index (χ0v) is 15.1. The quantitative estimate of drug-likeness (QED) is 0.831. The van der Waals surface area contributed by atoms with Gasteiger partial charge in [0, 0.05) is 11.6 Å². The summed E-state index contributed by atoms with van der Waals surface area (Å²) in [6.07, 6.45) is 6.05. The Bertz CT molecular complexity index is 620. The zero-order chi connectivity index (χ0) is 16.8. The molecular weight excluding hydrogens is 316 g/mol. The number of rotatable bonds is 6. The van der Waals surface area contributed by atoms with Gasteiger partial charge in [0.2, 0.25) is 0 Å². The second-order valence-electron chi connectivity index (χ2n) is 6.73. The number of hydrogen-bond acceptors (Lipinski definition) is 2. The lowest BCUT2D eigenvalue weighted by Gasteiger charge is -2.25. The molecule has 1 aromatic heterocycles. The van der Waals surface area contributed by atoms with Crippen LogP contribution >= 0.6 is 11.3 Å². The van der Waals surface area contributed by atoms with E-state index in [2.05, 4.69) is 52.4 Å². The fourth-order valence-electron chi connectivity index (χ4n) is 3.45. The van der Waals surface area contributed by atoms with Gasteiger partial charge >= 0.3 is 0 Å². The van der Waals surface area contributed by atoms with Crippen molar-refractivity contribution in [1.82, 2.24) is 5.32 Å². The van der Waals surface area contributed by atoms with E-state index in [0.29, 0.717) is 6.04 Å². The summed E-state index contributed by atoms with van der Waals surface area (Å²) in [4.78, 5) is 13.9. The summed E-state index contributed by atoms with van der Waals surface area (Å²) < 4.78 is 0. The van der Waals surface area contributed by atoms with Gasteiger partial charge in [-0.25, -0.2) is 0 Å². The van der Waals surface area contributed by atoms with E-state index in [0.717, 1.165) is 12.8 Å². The minimum Gasteiger partial charge on any atom is -0.348 e. The van der Waals surface area contributed by atoms with Crippen molar-refractivity contribution in [2.45, 2.75) is 57.2 Å². The number of amides is 1. The van der Waals surface area contributed by atoms with Crippen LogP contribution in [0.5, 0.6) is 0 Å². The SMILES string of the molecule is C[C@@H]([NH2+][C@H](c1ccccc1)c1cccs1)C(=O)NC1CCCCC1. The second kappa shape index (κ2) is 8.45. The van der Waals surface area contributed by atoms with Crippen LogP contribution in [0.1, 0.15) is 55.5 Å². The molecule has 0 aliphatic heterocycles. The number of carbonyl (C=O) groups excluding carboxylic acids is 1. The summed E-state index contributed by atoms with van der Waals surface area (Å²) in [6.45, 7) is 2.02. The van der Waals surface area contributed by atoms with E-state index in [-0.39, 0.29) is 18.0 Å². The van der Waals surface area contributed by atoms with Crippen molar-refractivity contribution in [3.05, 3.63) is 58.3 Å². The molecule has 1 amide bonds. The number of carbonyl (C=O) groups is 1. The Balaban J connectivity index is 1.66. The van der Waals surface area contributed by atoms with Crippen molar-refractivity contribution in [1.29, 1.82) is 0 Å². The van der Waals surface area contributed by atoms with Gasteiger partial charge in [0.25, 0.3) is 5.91 Å². The molecule has 2 atom stereocenters. The molecular formula is C20H27N2OS+. The molecule has 0 unspecified atom stereocenters. The first-order valence-electron chi connectivity index (χ1n) is 8.98. The third-order valence-electron chi connectivity index (χ3n) is 4.85. The molecule has 1 saturated carbocycles. The van der Waals surface area contributed by atoms with Crippen LogP contribution in [0.25, 0.3) is 0 Å². The van der Waals surface area contributed by atoms with Gasteiger partial charge in [-0.05, 0) is 31.2 Å². The summed E-state index contributed by atoms with van der Waals surface area (Å²) in [6, 6.07) is 15.2. The van der Waals surface area contributed by atoms with Crippen LogP contribution in [-0.2, 0) is 4.79 Å². The zero-order valence-electron chi connectivity index (χ0n) is 14.3. The molecule has 0 spiro atoms. The van der Waals surface area contributed by atoms with Crippen LogP contribution in [0.15, 0.2) is 47.8 Å². The summed E-state index contributed by atoms with van der Waals surface area (Å²) in [7, 11) is 0.